The number of rotatable bonds is 5. The summed E-state index contributed by atoms with van der Waals surface area (Å²) < 4.78 is 0. The Morgan fingerprint density at radius 3 is 1.95 bits per heavy atom. The summed E-state index contributed by atoms with van der Waals surface area (Å²) in [7, 11) is 0. The molecule has 1 amide bonds. The number of benzene rings is 1. The van der Waals surface area contributed by atoms with Crippen LogP contribution in [0.2, 0.25) is 0 Å². The number of nitrogens with one attached hydrogen (secondary N) is 1. The van der Waals surface area contributed by atoms with Gasteiger partial charge in [0.15, 0.2) is 5.78 Å². The van der Waals surface area contributed by atoms with Gasteiger partial charge in [0.1, 0.15) is 0 Å². The van der Waals surface area contributed by atoms with Crippen molar-refractivity contribution >= 4 is 11.7 Å². The Balaban J connectivity index is 2.52. The van der Waals surface area contributed by atoms with Crippen LogP contribution in [0, 0.1) is 10.8 Å². The second-order valence-corrected chi connectivity index (χ2v) is 8.11. The Labute approximate surface area is 134 Å². The van der Waals surface area contributed by atoms with Crippen molar-refractivity contribution < 1.29 is 9.59 Å². The zero-order valence-corrected chi connectivity index (χ0v) is 14.7. The second kappa shape index (κ2) is 7.08. The van der Waals surface area contributed by atoms with Gasteiger partial charge in [0.2, 0.25) is 5.91 Å². The average molecular weight is 303 g/mol. The Morgan fingerprint density at radius 1 is 0.955 bits per heavy atom. The summed E-state index contributed by atoms with van der Waals surface area (Å²) in [5, 5.41) is 2.93. The number of hydrogen-bond donors (Lipinski definition) is 1. The van der Waals surface area contributed by atoms with Crippen LogP contribution in [0.4, 0.5) is 0 Å². The van der Waals surface area contributed by atoms with Gasteiger partial charge >= 0.3 is 0 Å². The van der Waals surface area contributed by atoms with Crippen LogP contribution in [0.25, 0.3) is 0 Å². The van der Waals surface area contributed by atoms with Gasteiger partial charge in [-0.1, -0.05) is 65.8 Å². The van der Waals surface area contributed by atoms with Crippen LogP contribution in [0.15, 0.2) is 24.3 Å². The van der Waals surface area contributed by atoms with E-state index in [2.05, 4.69) is 26.1 Å². The third-order valence-corrected chi connectivity index (χ3v) is 3.49. The lowest BCUT2D eigenvalue weighted by Crippen LogP contribution is -2.24. The molecule has 0 spiro atoms. The lowest BCUT2D eigenvalue weighted by molar-refractivity contribution is -0.121. The van der Waals surface area contributed by atoms with Crippen LogP contribution >= 0.6 is 0 Å². The molecule has 1 rings (SSSR count). The Morgan fingerprint density at radius 2 is 1.50 bits per heavy atom. The molecule has 0 aromatic heterocycles. The fourth-order valence-corrected chi connectivity index (χ4v) is 1.98. The monoisotopic (exact) mass is 303 g/mol. The van der Waals surface area contributed by atoms with Gasteiger partial charge in [0, 0.05) is 23.9 Å². The first-order valence-electron chi connectivity index (χ1n) is 7.89. The average Bonchev–Trinajstić information content (AvgIpc) is 2.41. The fraction of sp³-hybridized carbons (Fsp3) is 0.579. The summed E-state index contributed by atoms with van der Waals surface area (Å²) in [4.78, 5) is 24.0. The van der Waals surface area contributed by atoms with Gasteiger partial charge in [0.25, 0.3) is 0 Å². The van der Waals surface area contributed by atoms with E-state index in [4.69, 9.17) is 0 Å². The molecule has 0 saturated carbocycles. The smallest absolute Gasteiger partial charge is 0.220 e. The quantitative estimate of drug-likeness (QED) is 0.822. The number of carbonyl (C=O) groups excluding carboxylic acids is 2. The molecule has 0 atom stereocenters. The molecule has 0 aliphatic carbocycles. The van der Waals surface area contributed by atoms with Crippen LogP contribution in [0.3, 0.4) is 0 Å². The maximum atomic E-state index is 12.2. The van der Waals surface area contributed by atoms with E-state index in [1.54, 1.807) is 0 Å². The molecule has 1 aromatic rings. The molecule has 1 aromatic carbocycles. The predicted molar refractivity (Wildman–Crippen MR) is 90.8 cm³/mol. The van der Waals surface area contributed by atoms with E-state index < -0.39 is 0 Å². The van der Waals surface area contributed by atoms with E-state index in [-0.39, 0.29) is 22.5 Å². The highest BCUT2D eigenvalue weighted by atomic mass is 16.1. The topological polar surface area (TPSA) is 46.2 Å². The van der Waals surface area contributed by atoms with Gasteiger partial charge in [-0.15, -0.1) is 0 Å². The van der Waals surface area contributed by atoms with Gasteiger partial charge in [-0.2, -0.15) is 0 Å². The summed E-state index contributed by atoms with van der Waals surface area (Å²) in [6.07, 6.45) is 1.42. The van der Waals surface area contributed by atoms with Crippen molar-refractivity contribution in [1.29, 1.82) is 0 Å². The minimum absolute atomic E-state index is 0.0739. The highest BCUT2D eigenvalue weighted by molar-refractivity contribution is 5.99. The highest BCUT2D eigenvalue weighted by Crippen LogP contribution is 2.21. The first-order chi connectivity index (χ1) is 9.99. The maximum Gasteiger partial charge on any atom is 0.220 e. The zero-order valence-electron chi connectivity index (χ0n) is 14.7. The summed E-state index contributed by atoms with van der Waals surface area (Å²) in [5.41, 5.74) is 1.53. The summed E-state index contributed by atoms with van der Waals surface area (Å²) >= 11 is 0. The molecule has 3 nitrogen and oxygen atoms in total. The molecule has 122 valence electrons. The molecular formula is C19H29NO2. The first-order valence-corrected chi connectivity index (χ1v) is 7.89. The zero-order chi connectivity index (χ0) is 17.0. The van der Waals surface area contributed by atoms with E-state index >= 15 is 0 Å². The van der Waals surface area contributed by atoms with Crippen molar-refractivity contribution in [3.05, 3.63) is 35.4 Å². The fourth-order valence-electron chi connectivity index (χ4n) is 1.98. The van der Waals surface area contributed by atoms with Crippen LogP contribution in [-0.4, -0.2) is 11.7 Å². The van der Waals surface area contributed by atoms with E-state index in [9.17, 15) is 9.59 Å². The molecule has 0 unspecified atom stereocenters. The van der Waals surface area contributed by atoms with E-state index in [1.807, 2.05) is 45.0 Å². The van der Waals surface area contributed by atoms with E-state index in [0.717, 1.165) is 17.5 Å². The van der Waals surface area contributed by atoms with Gasteiger partial charge in [-0.25, -0.2) is 0 Å². The molecular weight excluding hydrogens is 274 g/mol. The summed E-state index contributed by atoms with van der Waals surface area (Å²) in [5.74, 6) is 0.207. The number of carbonyl (C=O) groups is 2. The number of amides is 1. The molecule has 3 heteroatoms. The van der Waals surface area contributed by atoms with Crippen LogP contribution in [0.1, 0.15) is 70.3 Å². The van der Waals surface area contributed by atoms with Crippen molar-refractivity contribution in [2.75, 3.05) is 0 Å². The Kier molecular flexibility index (Phi) is 5.92. The lowest BCUT2D eigenvalue weighted by Gasteiger charge is -2.17. The van der Waals surface area contributed by atoms with E-state index in [1.165, 1.54) is 0 Å². The van der Waals surface area contributed by atoms with Crippen LogP contribution in [0.5, 0.6) is 0 Å². The number of hydrogen-bond acceptors (Lipinski definition) is 2. The Hall–Kier alpha value is -1.64. The van der Waals surface area contributed by atoms with Crippen LogP contribution in [-0.2, 0) is 11.3 Å². The molecule has 0 aliphatic rings. The van der Waals surface area contributed by atoms with Crippen molar-refractivity contribution in [2.45, 2.75) is 60.9 Å². The molecule has 0 heterocycles. The number of Topliss-reactive ketones (excluding diaryl/α,β-unsaturated/α-hetero) is 1. The third-order valence-electron chi connectivity index (χ3n) is 3.49. The van der Waals surface area contributed by atoms with Crippen molar-refractivity contribution in [2.24, 2.45) is 10.8 Å². The summed E-state index contributed by atoms with van der Waals surface area (Å²) in [6, 6.07) is 7.49. The molecule has 0 bridgehead atoms. The van der Waals surface area contributed by atoms with Gasteiger partial charge in [-0.05, 0) is 17.4 Å². The second-order valence-electron chi connectivity index (χ2n) is 8.11. The normalized spacial score (nSPS) is 12.1. The molecule has 22 heavy (non-hydrogen) atoms. The number of ketones is 1. The van der Waals surface area contributed by atoms with Gasteiger partial charge in [0.05, 0.1) is 0 Å². The predicted octanol–water partition coefficient (Wildman–Crippen LogP) is 4.36. The lowest BCUT2D eigenvalue weighted by atomic mass is 9.86. The molecule has 0 aliphatic heterocycles. The molecule has 0 saturated heterocycles. The minimum atomic E-state index is -0.372. The minimum Gasteiger partial charge on any atom is -0.352 e. The van der Waals surface area contributed by atoms with Crippen LogP contribution < -0.4 is 5.32 Å². The SMILES string of the molecule is CC(C)(C)CCC(=O)NCc1ccc(C(=O)C(C)(C)C)cc1. The van der Waals surface area contributed by atoms with Crippen molar-refractivity contribution in [1.82, 2.24) is 5.32 Å². The van der Waals surface area contributed by atoms with Gasteiger partial charge in [-0.3, -0.25) is 9.59 Å². The van der Waals surface area contributed by atoms with Crippen molar-refractivity contribution in [3.8, 4) is 0 Å². The van der Waals surface area contributed by atoms with Crippen molar-refractivity contribution in [3.63, 3.8) is 0 Å². The standard InChI is InChI=1S/C19H29NO2/c1-18(2,3)12-11-16(21)20-13-14-7-9-15(10-8-14)17(22)19(4,5)6/h7-10H,11-13H2,1-6H3,(H,20,21). The Bertz CT molecular complexity index is 516. The van der Waals surface area contributed by atoms with E-state index in [0.29, 0.717) is 13.0 Å². The third kappa shape index (κ3) is 6.42. The molecule has 1 N–H and O–H groups in total. The first kappa shape index (κ1) is 18.4. The summed E-state index contributed by atoms with van der Waals surface area (Å²) in [6.45, 7) is 12.6. The molecule has 0 radical (unpaired) electrons. The largest absolute Gasteiger partial charge is 0.352 e. The highest BCUT2D eigenvalue weighted by Gasteiger charge is 2.22. The van der Waals surface area contributed by atoms with Gasteiger partial charge < -0.3 is 5.32 Å². The molecule has 0 fully saturated rings. The maximum absolute atomic E-state index is 12.2.